The van der Waals surface area contributed by atoms with Crippen molar-refractivity contribution in [3.63, 3.8) is 0 Å². The number of ether oxygens (including phenoxy) is 3. The van der Waals surface area contributed by atoms with Crippen LogP contribution in [0.25, 0.3) is 0 Å². The van der Waals surface area contributed by atoms with Crippen LogP contribution in [0.1, 0.15) is 252 Å². The molecule has 0 amide bonds. The van der Waals surface area contributed by atoms with Crippen molar-refractivity contribution in [3.05, 3.63) is 60.8 Å². The molecule has 0 rings (SSSR count). The molecule has 0 aliphatic heterocycles. The van der Waals surface area contributed by atoms with Gasteiger partial charge in [0.2, 0.25) is 0 Å². The van der Waals surface area contributed by atoms with E-state index < -0.39 is 6.10 Å². The molecule has 0 N–H and O–H groups in total. The Hall–Kier alpha value is -2.89. The fourth-order valence-corrected chi connectivity index (χ4v) is 7.05. The average molecular weight is 853 g/mol. The highest BCUT2D eigenvalue weighted by Gasteiger charge is 2.19. The second kappa shape index (κ2) is 49.8. The highest BCUT2D eigenvalue weighted by molar-refractivity contribution is 5.71. The normalized spacial score (nSPS) is 12.5. The summed E-state index contributed by atoms with van der Waals surface area (Å²) in [6.07, 6.45) is 60.8. The van der Waals surface area contributed by atoms with Gasteiger partial charge in [0.05, 0.1) is 0 Å². The van der Waals surface area contributed by atoms with Crippen molar-refractivity contribution in [2.24, 2.45) is 0 Å². The summed E-state index contributed by atoms with van der Waals surface area (Å²) in [4.78, 5) is 37.8. The molecular weight excluding hydrogens is 757 g/mol. The van der Waals surface area contributed by atoms with Crippen LogP contribution < -0.4 is 0 Å². The lowest BCUT2D eigenvalue weighted by Crippen LogP contribution is -2.30. The van der Waals surface area contributed by atoms with Crippen LogP contribution in [0.2, 0.25) is 0 Å². The number of hydrogen-bond acceptors (Lipinski definition) is 6. The quantitative estimate of drug-likeness (QED) is 0.0200. The molecule has 0 saturated carbocycles. The van der Waals surface area contributed by atoms with Crippen molar-refractivity contribution >= 4 is 17.9 Å². The van der Waals surface area contributed by atoms with E-state index in [2.05, 4.69) is 75.5 Å². The number of rotatable bonds is 46. The average Bonchev–Trinajstić information content (AvgIpc) is 3.26. The van der Waals surface area contributed by atoms with Gasteiger partial charge in [0, 0.05) is 19.3 Å². The summed E-state index contributed by atoms with van der Waals surface area (Å²) in [7, 11) is 0. The Bertz CT molecular complexity index is 1120. The standard InChI is InChI=1S/C55H96O6/c1-4-7-10-13-16-19-22-24-25-26-27-28-29-31-33-36-39-42-45-48-54(57)60-51-52(50-59-53(56)47-44-41-38-35-32-21-18-15-12-9-6-3)61-55(58)49-46-43-40-37-34-30-23-20-17-14-11-8-5-2/h15,18,21,26-27,30,32,34,40,43,52H,4-14,16-17,19-20,22-25,28-29,31,33,35-39,41-42,44-51H2,1-3H3/b18-15-,27-26-,32-21-,34-30-,43-40-. The molecule has 0 aliphatic carbocycles. The molecule has 0 bridgehead atoms. The third-order valence-electron chi connectivity index (χ3n) is 11.0. The van der Waals surface area contributed by atoms with Gasteiger partial charge < -0.3 is 14.2 Å². The van der Waals surface area contributed by atoms with Crippen LogP contribution in [0.15, 0.2) is 60.8 Å². The van der Waals surface area contributed by atoms with Gasteiger partial charge in [-0.3, -0.25) is 14.4 Å². The maximum atomic E-state index is 12.7. The van der Waals surface area contributed by atoms with E-state index in [1.165, 1.54) is 141 Å². The molecule has 0 aromatic rings. The molecular formula is C55H96O6. The Kier molecular flexibility index (Phi) is 47.4. The smallest absolute Gasteiger partial charge is 0.306 e. The first-order valence-electron chi connectivity index (χ1n) is 25.8. The lowest BCUT2D eigenvalue weighted by atomic mass is 10.1. The van der Waals surface area contributed by atoms with Crippen molar-refractivity contribution in [2.75, 3.05) is 13.2 Å². The minimum atomic E-state index is -0.815. The molecule has 0 spiro atoms. The highest BCUT2D eigenvalue weighted by atomic mass is 16.6. The molecule has 1 unspecified atom stereocenters. The SMILES string of the molecule is CCCC/C=C\C=C/CCCCCC(=O)OCC(COC(=O)CCCCCCCCC/C=C\CCCCCCCCCC)OC(=O)CC/C=C\C/C=C\CCCCCCCC. The summed E-state index contributed by atoms with van der Waals surface area (Å²) in [5.74, 6) is -1.01. The lowest BCUT2D eigenvalue weighted by molar-refractivity contribution is -0.166. The highest BCUT2D eigenvalue weighted by Crippen LogP contribution is 2.14. The van der Waals surface area contributed by atoms with Gasteiger partial charge in [-0.25, -0.2) is 0 Å². The molecule has 0 saturated heterocycles. The number of hydrogen-bond donors (Lipinski definition) is 0. The lowest BCUT2D eigenvalue weighted by Gasteiger charge is -2.18. The number of unbranched alkanes of at least 4 members (excludes halogenated alkanes) is 26. The predicted octanol–water partition coefficient (Wildman–Crippen LogP) is 16.9. The first-order chi connectivity index (χ1) is 30.0. The Morgan fingerprint density at radius 2 is 0.689 bits per heavy atom. The Balaban J connectivity index is 4.40. The summed E-state index contributed by atoms with van der Waals surface area (Å²) in [5.41, 5.74) is 0. The monoisotopic (exact) mass is 853 g/mol. The first-order valence-corrected chi connectivity index (χ1v) is 25.8. The van der Waals surface area contributed by atoms with Crippen molar-refractivity contribution in [3.8, 4) is 0 Å². The summed E-state index contributed by atoms with van der Waals surface area (Å²) < 4.78 is 16.7. The maximum absolute atomic E-state index is 12.7. The van der Waals surface area contributed by atoms with E-state index in [-0.39, 0.29) is 37.5 Å². The molecule has 6 heteroatoms. The largest absolute Gasteiger partial charge is 0.462 e. The van der Waals surface area contributed by atoms with E-state index in [0.29, 0.717) is 19.3 Å². The van der Waals surface area contributed by atoms with E-state index in [9.17, 15) is 14.4 Å². The zero-order valence-corrected chi connectivity index (χ0v) is 40.2. The number of carbonyl (C=O) groups is 3. The second-order valence-corrected chi connectivity index (χ2v) is 17.1. The van der Waals surface area contributed by atoms with E-state index in [1.807, 2.05) is 6.08 Å². The fraction of sp³-hybridized carbons (Fsp3) is 0.764. The Labute approximate surface area is 377 Å². The topological polar surface area (TPSA) is 78.9 Å². The van der Waals surface area contributed by atoms with Gasteiger partial charge >= 0.3 is 17.9 Å². The van der Waals surface area contributed by atoms with Crippen molar-refractivity contribution in [2.45, 2.75) is 258 Å². The van der Waals surface area contributed by atoms with Crippen LogP contribution in [-0.2, 0) is 28.6 Å². The summed E-state index contributed by atoms with van der Waals surface area (Å²) in [6, 6.07) is 0. The van der Waals surface area contributed by atoms with Crippen molar-refractivity contribution in [1.29, 1.82) is 0 Å². The van der Waals surface area contributed by atoms with Gasteiger partial charge in [-0.2, -0.15) is 0 Å². The van der Waals surface area contributed by atoms with Gasteiger partial charge in [-0.15, -0.1) is 0 Å². The van der Waals surface area contributed by atoms with E-state index in [0.717, 1.165) is 64.2 Å². The molecule has 0 aliphatic rings. The van der Waals surface area contributed by atoms with Crippen LogP contribution in [0.4, 0.5) is 0 Å². The van der Waals surface area contributed by atoms with Gasteiger partial charge in [0.15, 0.2) is 6.10 Å². The van der Waals surface area contributed by atoms with Gasteiger partial charge in [0.1, 0.15) is 13.2 Å². The molecule has 0 aromatic heterocycles. The first kappa shape index (κ1) is 58.1. The third-order valence-corrected chi connectivity index (χ3v) is 11.0. The third kappa shape index (κ3) is 48.0. The van der Waals surface area contributed by atoms with Crippen molar-refractivity contribution in [1.82, 2.24) is 0 Å². The molecule has 0 heterocycles. The number of allylic oxidation sites excluding steroid dienone is 10. The van der Waals surface area contributed by atoms with Crippen LogP contribution in [0, 0.1) is 0 Å². The van der Waals surface area contributed by atoms with Crippen LogP contribution in [0.5, 0.6) is 0 Å². The maximum Gasteiger partial charge on any atom is 0.306 e. The minimum absolute atomic E-state index is 0.107. The zero-order chi connectivity index (χ0) is 44.4. The molecule has 0 radical (unpaired) electrons. The van der Waals surface area contributed by atoms with Crippen molar-refractivity contribution < 1.29 is 28.6 Å². The van der Waals surface area contributed by atoms with E-state index in [4.69, 9.17) is 14.2 Å². The van der Waals surface area contributed by atoms with Crippen LogP contribution >= 0.6 is 0 Å². The fourth-order valence-electron chi connectivity index (χ4n) is 7.05. The molecule has 0 fully saturated rings. The van der Waals surface area contributed by atoms with Crippen LogP contribution in [-0.4, -0.2) is 37.2 Å². The molecule has 61 heavy (non-hydrogen) atoms. The van der Waals surface area contributed by atoms with Gasteiger partial charge in [-0.1, -0.05) is 210 Å². The second-order valence-electron chi connectivity index (χ2n) is 17.1. The van der Waals surface area contributed by atoms with Crippen LogP contribution in [0.3, 0.4) is 0 Å². The summed E-state index contributed by atoms with van der Waals surface area (Å²) in [5, 5.41) is 0. The van der Waals surface area contributed by atoms with Gasteiger partial charge in [0.25, 0.3) is 0 Å². The van der Waals surface area contributed by atoms with E-state index in [1.54, 1.807) is 0 Å². The summed E-state index contributed by atoms with van der Waals surface area (Å²) in [6.45, 7) is 6.50. The van der Waals surface area contributed by atoms with E-state index >= 15 is 0 Å². The predicted molar refractivity (Wildman–Crippen MR) is 261 cm³/mol. The minimum Gasteiger partial charge on any atom is -0.462 e. The molecule has 352 valence electrons. The number of carbonyl (C=O) groups excluding carboxylic acids is 3. The Morgan fingerprint density at radius 1 is 0.344 bits per heavy atom. The zero-order valence-electron chi connectivity index (χ0n) is 40.2. The molecule has 6 nitrogen and oxygen atoms in total. The molecule has 0 aromatic carbocycles. The summed E-state index contributed by atoms with van der Waals surface area (Å²) >= 11 is 0. The number of esters is 3. The Morgan fingerprint density at radius 3 is 1.15 bits per heavy atom. The van der Waals surface area contributed by atoms with Gasteiger partial charge in [-0.05, 0) is 83.5 Å². The molecule has 1 atom stereocenters.